The highest BCUT2D eigenvalue weighted by Gasteiger charge is 2.40. The maximum absolute atomic E-state index is 12.3. The number of hydrogen-bond donors (Lipinski definition) is 1. The molecule has 8 heteroatoms. The van der Waals surface area contributed by atoms with Gasteiger partial charge in [-0.1, -0.05) is 6.92 Å². The van der Waals surface area contributed by atoms with Gasteiger partial charge in [-0.15, -0.1) is 0 Å². The Morgan fingerprint density at radius 3 is 2.32 bits per heavy atom. The molecule has 1 unspecified atom stereocenters. The molecule has 0 aromatic rings. The lowest BCUT2D eigenvalue weighted by Gasteiger charge is -2.43. The predicted octanol–water partition coefficient (Wildman–Crippen LogP) is 1.64. The van der Waals surface area contributed by atoms with E-state index in [1.807, 2.05) is 0 Å². The number of rotatable bonds is 4. The molecule has 0 aliphatic carbocycles. The summed E-state index contributed by atoms with van der Waals surface area (Å²) in [6, 6.07) is -0.686. The Morgan fingerprint density at radius 2 is 1.95 bits per heavy atom. The number of carbonyl (C=O) groups excluding carboxylic acids is 1. The van der Waals surface area contributed by atoms with Gasteiger partial charge in [-0.2, -0.15) is 13.2 Å². The summed E-state index contributed by atoms with van der Waals surface area (Å²) in [6.07, 6.45) is -4.43. The number of carbonyl (C=O) groups is 2. The van der Waals surface area contributed by atoms with E-state index >= 15 is 0 Å². The van der Waals surface area contributed by atoms with E-state index in [-0.39, 0.29) is 25.6 Å². The molecular weight excluding hydrogens is 265 g/mol. The number of carboxylic acids is 1. The van der Waals surface area contributed by atoms with Crippen LogP contribution in [-0.4, -0.2) is 59.3 Å². The largest absolute Gasteiger partial charge is 0.481 e. The van der Waals surface area contributed by atoms with Gasteiger partial charge in [0.05, 0.1) is 5.92 Å². The first-order valence-electron chi connectivity index (χ1n) is 5.99. The van der Waals surface area contributed by atoms with Crippen LogP contribution in [0, 0.1) is 11.8 Å². The summed E-state index contributed by atoms with van der Waals surface area (Å²) in [5, 5.41) is 8.79. The molecule has 19 heavy (non-hydrogen) atoms. The highest BCUT2D eigenvalue weighted by atomic mass is 19.4. The van der Waals surface area contributed by atoms with Gasteiger partial charge < -0.3 is 14.9 Å². The number of nitrogens with zero attached hydrogens (tertiary/aromatic N) is 2. The zero-order valence-electron chi connectivity index (χ0n) is 10.8. The van der Waals surface area contributed by atoms with Crippen LogP contribution in [0.2, 0.25) is 0 Å². The van der Waals surface area contributed by atoms with Gasteiger partial charge in [-0.3, -0.25) is 4.79 Å². The summed E-state index contributed by atoms with van der Waals surface area (Å²) in [7, 11) is 0. The lowest BCUT2D eigenvalue weighted by molar-refractivity contribution is -0.145. The number of carboxylic acid groups (broad SMARTS) is 1. The molecule has 5 nitrogen and oxygen atoms in total. The fourth-order valence-corrected chi connectivity index (χ4v) is 1.92. The number of likely N-dealkylation sites (tertiary alicyclic amines) is 1. The molecule has 1 saturated heterocycles. The van der Waals surface area contributed by atoms with Crippen LogP contribution in [0.3, 0.4) is 0 Å². The molecule has 0 spiro atoms. The molecule has 1 rings (SSSR count). The fraction of sp³-hybridized carbons (Fsp3) is 0.818. The van der Waals surface area contributed by atoms with Crippen molar-refractivity contribution in [2.45, 2.75) is 20.0 Å². The first-order valence-corrected chi connectivity index (χ1v) is 5.99. The summed E-state index contributed by atoms with van der Waals surface area (Å²) >= 11 is 0. The lowest BCUT2D eigenvalue weighted by Crippen LogP contribution is -2.58. The van der Waals surface area contributed by atoms with Crippen molar-refractivity contribution in [1.29, 1.82) is 0 Å². The normalized spacial score (nSPS) is 17.8. The van der Waals surface area contributed by atoms with Crippen molar-refractivity contribution in [3.05, 3.63) is 0 Å². The minimum atomic E-state index is -4.43. The third-order valence-electron chi connectivity index (χ3n) is 3.30. The average molecular weight is 282 g/mol. The second-order valence-electron chi connectivity index (χ2n) is 4.70. The summed E-state index contributed by atoms with van der Waals surface area (Å²) in [5.74, 6) is -1.74. The van der Waals surface area contributed by atoms with Crippen molar-refractivity contribution >= 4 is 12.0 Å². The SMILES string of the molecule is CCN(CC(F)(F)F)C(=O)N1CC(C(C)C(=O)O)C1. The minimum absolute atomic E-state index is 0.0337. The van der Waals surface area contributed by atoms with Crippen LogP contribution < -0.4 is 0 Å². The smallest absolute Gasteiger partial charge is 0.406 e. The van der Waals surface area contributed by atoms with Crippen molar-refractivity contribution in [2.75, 3.05) is 26.2 Å². The standard InChI is InChI=1S/C11H17F3N2O3/c1-3-15(6-11(12,13)14)10(19)16-4-8(5-16)7(2)9(17)18/h7-8H,3-6H2,1-2H3,(H,17,18). The third kappa shape index (κ3) is 4.00. The van der Waals surface area contributed by atoms with Gasteiger partial charge in [0, 0.05) is 25.6 Å². The molecule has 2 amide bonds. The van der Waals surface area contributed by atoms with Crippen molar-refractivity contribution in [1.82, 2.24) is 9.80 Å². The summed E-state index contributed by atoms with van der Waals surface area (Å²) in [6.45, 7) is 2.08. The van der Waals surface area contributed by atoms with Crippen molar-refractivity contribution in [3.8, 4) is 0 Å². The molecular formula is C11H17F3N2O3. The van der Waals surface area contributed by atoms with Crippen LogP contribution in [0.4, 0.5) is 18.0 Å². The van der Waals surface area contributed by atoms with Crippen LogP contribution in [-0.2, 0) is 4.79 Å². The molecule has 1 heterocycles. The quantitative estimate of drug-likeness (QED) is 0.852. The van der Waals surface area contributed by atoms with Gasteiger partial charge in [-0.25, -0.2) is 4.79 Å². The molecule has 1 aliphatic rings. The second-order valence-corrected chi connectivity index (χ2v) is 4.70. The maximum Gasteiger partial charge on any atom is 0.406 e. The summed E-state index contributed by atoms with van der Waals surface area (Å²) in [5.41, 5.74) is 0. The van der Waals surface area contributed by atoms with E-state index < -0.39 is 30.6 Å². The van der Waals surface area contributed by atoms with Crippen LogP contribution >= 0.6 is 0 Å². The van der Waals surface area contributed by atoms with Crippen molar-refractivity contribution < 1.29 is 27.9 Å². The molecule has 1 aliphatic heterocycles. The number of hydrogen-bond acceptors (Lipinski definition) is 2. The third-order valence-corrected chi connectivity index (χ3v) is 3.30. The van der Waals surface area contributed by atoms with Gasteiger partial charge in [-0.05, 0) is 6.92 Å². The lowest BCUT2D eigenvalue weighted by atomic mass is 9.87. The summed E-state index contributed by atoms with van der Waals surface area (Å²) < 4.78 is 36.8. The van der Waals surface area contributed by atoms with Crippen LogP contribution in [0.25, 0.3) is 0 Å². The van der Waals surface area contributed by atoms with E-state index in [0.717, 1.165) is 0 Å². The number of alkyl halides is 3. The first kappa shape index (κ1) is 15.6. The number of halogens is 3. The van der Waals surface area contributed by atoms with Crippen molar-refractivity contribution in [2.24, 2.45) is 11.8 Å². The second kappa shape index (κ2) is 5.66. The van der Waals surface area contributed by atoms with Crippen LogP contribution in [0.5, 0.6) is 0 Å². The van der Waals surface area contributed by atoms with Gasteiger partial charge in [0.15, 0.2) is 0 Å². The number of urea groups is 1. The molecule has 110 valence electrons. The zero-order chi connectivity index (χ0) is 14.8. The molecule has 0 radical (unpaired) electrons. The molecule has 1 N–H and O–H groups in total. The zero-order valence-corrected chi connectivity index (χ0v) is 10.8. The van der Waals surface area contributed by atoms with Gasteiger partial charge >= 0.3 is 18.2 Å². The van der Waals surface area contributed by atoms with Crippen LogP contribution in [0.15, 0.2) is 0 Å². The Bertz CT molecular complexity index is 354. The molecule has 1 fully saturated rings. The Labute approximate surface area is 109 Å². The Morgan fingerprint density at radius 1 is 1.42 bits per heavy atom. The monoisotopic (exact) mass is 282 g/mol. The summed E-state index contributed by atoms with van der Waals surface area (Å²) in [4.78, 5) is 24.5. The van der Waals surface area contributed by atoms with E-state index in [2.05, 4.69) is 0 Å². The molecule has 0 bridgehead atoms. The maximum atomic E-state index is 12.3. The molecule has 0 aromatic carbocycles. The van der Waals surface area contributed by atoms with Crippen molar-refractivity contribution in [3.63, 3.8) is 0 Å². The molecule has 0 aromatic heterocycles. The average Bonchev–Trinajstić information content (AvgIpc) is 2.21. The van der Waals surface area contributed by atoms with Crippen LogP contribution in [0.1, 0.15) is 13.8 Å². The Hall–Kier alpha value is -1.47. The highest BCUT2D eigenvalue weighted by Crippen LogP contribution is 2.26. The first-order chi connectivity index (χ1) is 8.65. The van der Waals surface area contributed by atoms with Gasteiger partial charge in [0.25, 0.3) is 0 Å². The van der Waals surface area contributed by atoms with E-state index in [0.29, 0.717) is 4.90 Å². The van der Waals surface area contributed by atoms with E-state index in [4.69, 9.17) is 5.11 Å². The highest BCUT2D eigenvalue weighted by molar-refractivity contribution is 5.76. The predicted molar refractivity (Wildman–Crippen MR) is 60.6 cm³/mol. The van der Waals surface area contributed by atoms with E-state index in [1.165, 1.54) is 18.7 Å². The van der Waals surface area contributed by atoms with E-state index in [9.17, 15) is 22.8 Å². The number of amides is 2. The van der Waals surface area contributed by atoms with E-state index in [1.54, 1.807) is 0 Å². The van der Waals surface area contributed by atoms with Gasteiger partial charge in [0.1, 0.15) is 6.54 Å². The topological polar surface area (TPSA) is 60.9 Å². The Kier molecular flexibility index (Phi) is 4.65. The number of aliphatic carboxylic acids is 1. The minimum Gasteiger partial charge on any atom is -0.481 e. The fourth-order valence-electron chi connectivity index (χ4n) is 1.92. The Balaban J connectivity index is 2.50. The molecule has 1 atom stereocenters. The molecule has 0 saturated carbocycles. The van der Waals surface area contributed by atoms with Gasteiger partial charge in [0.2, 0.25) is 0 Å².